The van der Waals surface area contributed by atoms with Crippen LogP contribution in [0.1, 0.15) is 37.9 Å². The molecule has 1 aliphatic carbocycles. The normalized spacial score (nSPS) is 26.1. The molecule has 94 valence electrons. The fraction of sp³-hybridized carbons (Fsp3) is 0.615. The summed E-state index contributed by atoms with van der Waals surface area (Å²) in [7, 11) is 0. The van der Waals surface area contributed by atoms with Crippen LogP contribution >= 0.6 is 0 Å². The number of pyridine rings is 1. The van der Waals surface area contributed by atoms with Crippen LogP contribution in [0, 0.1) is 11.7 Å². The van der Waals surface area contributed by atoms with Gasteiger partial charge in [-0.05, 0) is 37.8 Å². The van der Waals surface area contributed by atoms with Crippen LogP contribution in [0.2, 0.25) is 0 Å². The zero-order valence-corrected chi connectivity index (χ0v) is 10.1. The Hall–Kier alpha value is -1.00. The highest BCUT2D eigenvalue weighted by atomic mass is 19.1. The molecule has 3 atom stereocenters. The third-order valence-corrected chi connectivity index (χ3v) is 3.55. The first kappa shape index (κ1) is 12.5. The lowest BCUT2D eigenvalue weighted by Gasteiger charge is -2.23. The summed E-state index contributed by atoms with van der Waals surface area (Å²) in [5.74, 6) is 0.0351. The van der Waals surface area contributed by atoms with Crippen molar-refractivity contribution in [3.8, 4) is 0 Å². The predicted octanol–water partition coefficient (Wildman–Crippen LogP) is 2.03. The molecule has 0 radical (unpaired) electrons. The molecule has 1 saturated carbocycles. The van der Waals surface area contributed by atoms with Crippen LogP contribution in [0.15, 0.2) is 18.3 Å². The van der Waals surface area contributed by atoms with Gasteiger partial charge in [0.25, 0.3) is 0 Å². The van der Waals surface area contributed by atoms with E-state index in [1.807, 2.05) is 6.92 Å². The number of aromatic nitrogens is 1. The maximum Gasteiger partial charge on any atom is 0.141 e. The quantitative estimate of drug-likeness (QED) is 0.843. The third kappa shape index (κ3) is 3.01. The zero-order chi connectivity index (χ0) is 12.3. The van der Waals surface area contributed by atoms with Gasteiger partial charge in [-0.3, -0.25) is 4.98 Å². The fourth-order valence-corrected chi connectivity index (χ4v) is 2.52. The van der Waals surface area contributed by atoms with E-state index in [4.69, 9.17) is 0 Å². The van der Waals surface area contributed by atoms with Gasteiger partial charge >= 0.3 is 0 Å². The lowest BCUT2D eigenvalue weighted by molar-refractivity contribution is 0.200. The Labute approximate surface area is 101 Å². The monoisotopic (exact) mass is 238 g/mol. The van der Waals surface area contributed by atoms with Gasteiger partial charge < -0.3 is 10.4 Å². The van der Waals surface area contributed by atoms with Gasteiger partial charge in [-0.1, -0.05) is 6.42 Å². The van der Waals surface area contributed by atoms with Gasteiger partial charge in [0.15, 0.2) is 0 Å². The SMILES string of the molecule is CC(NC1CCCC1CO)c1ccc(F)cn1. The minimum Gasteiger partial charge on any atom is -0.396 e. The van der Waals surface area contributed by atoms with Gasteiger partial charge in [-0.15, -0.1) is 0 Å². The lowest BCUT2D eigenvalue weighted by atomic mass is 10.0. The zero-order valence-electron chi connectivity index (χ0n) is 10.1. The molecule has 0 aliphatic heterocycles. The summed E-state index contributed by atoms with van der Waals surface area (Å²) in [5.41, 5.74) is 0.843. The Bertz CT molecular complexity index is 355. The molecule has 1 fully saturated rings. The van der Waals surface area contributed by atoms with Gasteiger partial charge in [-0.25, -0.2) is 4.39 Å². The number of aliphatic hydroxyl groups is 1. The number of halogens is 1. The average Bonchev–Trinajstić information content (AvgIpc) is 2.77. The maximum absolute atomic E-state index is 12.8. The van der Waals surface area contributed by atoms with Crippen molar-refractivity contribution in [2.24, 2.45) is 5.92 Å². The Morgan fingerprint density at radius 3 is 3.00 bits per heavy atom. The molecule has 0 spiro atoms. The van der Waals surface area contributed by atoms with Crippen LogP contribution in [-0.4, -0.2) is 22.7 Å². The molecule has 2 rings (SSSR count). The standard InChI is InChI=1S/C13H19FN2O/c1-9(12-6-5-11(14)7-15-12)16-13-4-2-3-10(13)8-17/h5-7,9-10,13,16-17H,2-4,8H2,1H3. The summed E-state index contributed by atoms with van der Waals surface area (Å²) in [6.45, 7) is 2.26. The van der Waals surface area contributed by atoms with Crippen molar-refractivity contribution >= 4 is 0 Å². The second-order valence-corrected chi connectivity index (χ2v) is 4.77. The Morgan fingerprint density at radius 2 is 2.35 bits per heavy atom. The molecule has 1 aliphatic rings. The van der Waals surface area contributed by atoms with E-state index in [1.54, 1.807) is 6.07 Å². The molecule has 2 N–H and O–H groups in total. The Kier molecular flexibility index (Phi) is 4.07. The van der Waals surface area contributed by atoms with Gasteiger partial charge in [0.05, 0.1) is 11.9 Å². The van der Waals surface area contributed by atoms with Crippen molar-refractivity contribution < 1.29 is 9.50 Å². The summed E-state index contributed by atoms with van der Waals surface area (Å²) in [4.78, 5) is 4.07. The molecular weight excluding hydrogens is 219 g/mol. The van der Waals surface area contributed by atoms with Crippen LogP contribution in [0.3, 0.4) is 0 Å². The van der Waals surface area contributed by atoms with E-state index in [9.17, 15) is 9.50 Å². The van der Waals surface area contributed by atoms with Crippen LogP contribution in [0.25, 0.3) is 0 Å². The highest BCUT2D eigenvalue weighted by Gasteiger charge is 2.27. The largest absolute Gasteiger partial charge is 0.396 e. The molecule has 3 nitrogen and oxygen atoms in total. The van der Waals surface area contributed by atoms with Crippen molar-refractivity contribution in [2.45, 2.75) is 38.3 Å². The summed E-state index contributed by atoms with van der Waals surface area (Å²) < 4.78 is 12.8. The van der Waals surface area contributed by atoms with Crippen LogP contribution < -0.4 is 5.32 Å². The first-order valence-electron chi connectivity index (χ1n) is 6.19. The predicted molar refractivity (Wildman–Crippen MR) is 64.0 cm³/mol. The minimum atomic E-state index is -0.310. The van der Waals surface area contributed by atoms with Gasteiger partial charge in [0.2, 0.25) is 0 Å². The summed E-state index contributed by atoms with van der Waals surface area (Å²) >= 11 is 0. The van der Waals surface area contributed by atoms with Crippen molar-refractivity contribution in [3.05, 3.63) is 29.8 Å². The second-order valence-electron chi connectivity index (χ2n) is 4.77. The first-order valence-corrected chi connectivity index (χ1v) is 6.19. The van der Waals surface area contributed by atoms with E-state index < -0.39 is 0 Å². The van der Waals surface area contributed by atoms with E-state index in [0.717, 1.165) is 25.0 Å². The summed E-state index contributed by atoms with van der Waals surface area (Å²) in [6.07, 6.45) is 4.58. The van der Waals surface area contributed by atoms with Crippen LogP contribution in [0.5, 0.6) is 0 Å². The molecule has 17 heavy (non-hydrogen) atoms. The molecule has 1 heterocycles. The van der Waals surface area contributed by atoms with Crippen molar-refractivity contribution in [1.82, 2.24) is 10.3 Å². The van der Waals surface area contributed by atoms with E-state index in [2.05, 4.69) is 10.3 Å². The average molecular weight is 238 g/mol. The smallest absolute Gasteiger partial charge is 0.141 e. The topological polar surface area (TPSA) is 45.1 Å². The molecule has 4 heteroatoms. The molecule has 0 saturated heterocycles. The molecular formula is C13H19FN2O. The highest BCUT2D eigenvalue weighted by Crippen LogP contribution is 2.27. The summed E-state index contributed by atoms with van der Waals surface area (Å²) in [6, 6.07) is 3.57. The second kappa shape index (κ2) is 5.56. The number of nitrogens with one attached hydrogen (secondary N) is 1. The third-order valence-electron chi connectivity index (χ3n) is 3.55. The van der Waals surface area contributed by atoms with Crippen molar-refractivity contribution in [1.29, 1.82) is 0 Å². The minimum absolute atomic E-state index is 0.0905. The van der Waals surface area contributed by atoms with Crippen molar-refractivity contribution in [2.75, 3.05) is 6.61 Å². The first-order chi connectivity index (χ1) is 8.20. The lowest BCUT2D eigenvalue weighted by Crippen LogP contribution is -2.36. The number of rotatable bonds is 4. The molecule has 0 amide bonds. The maximum atomic E-state index is 12.8. The van der Waals surface area contributed by atoms with E-state index in [-0.39, 0.29) is 18.5 Å². The van der Waals surface area contributed by atoms with Crippen molar-refractivity contribution in [3.63, 3.8) is 0 Å². The van der Waals surface area contributed by atoms with Gasteiger partial charge in [-0.2, -0.15) is 0 Å². The number of nitrogens with zero attached hydrogens (tertiary/aromatic N) is 1. The molecule has 1 aromatic heterocycles. The molecule has 1 aromatic rings. The van der Waals surface area contributed by atoms with Gasteiger partial charge in [0, 0.05) is 18.7 Å². The Balaban J connectivity index is 1.96. The van der Waals surface area contributed by atoms with E-state index in [1.165, 1.54) is 12.3 Å². The van der Waals surface area contributed by atoms with Crippen LogP contribution in [0.4, 0.5) is 4.39 Å². The van der Waals surface area contributed by atoms with E-state index >= 15 is 0 Å². The van der Waals surface area contributed by atoms with E-state index in [0.29, 0.717) is 12.0 Å². The summed E-state index contributed by atoms with van der Waals surface area (Å²) in [5, 5.41) is 12.7. The number of hydrogen-bond donors (Lipinski definition) is 2. The molecule has 0 aromatic carbocycles. The van der Waals surface area contributed by atoms with Crippen LogP contribution in [-0.2, 0) is 0 Å². The Morgan fingerprint density at radius 1 is 1.53 bits per heavy atom. The number of hydrogen-bond acceptors (Lipinski definition) is 3. The molecule has 0 bridgehead atoms. The fourth-order valence-electron chi connectivity index (χ4n) is 2.52. The van der Waals surface area contributed by atoms with Gasteiger partial charge in [0.1, 0.15) is 5.82 Å². The highest BCUT2D eigenvalue weighted by molar-refractivity contribution is 5.09. The molecule has 3 unspecified atom stereocenters. The number of aliphatic hydroxyl groups excluding tert-OH is 1.